The first kappa shape index (κ1) is 14.5. The summed E-state index contributed by atoms with van der Waals surface area (Å²) in [7, 11) is 0. The molecule has 0 aromatic heterocycles. The van der Waals surface area contributed by atoms with Crippen LogP contribution < -0.4 is 5.32 Å². The van der Waals surface area contributed by atoms with E-state index in [9.17, 15) is 14.7 Å². The molecule has 5 nitrogen and oxygen atoms in total. The molecule has 1 heterocycles. The van der Waals surface area contributed by atoms with Crippen molar-refractivity contribution in [2.45, 2.75) is 32.3 Å². The zero-order valence-electron chi connectivity index (χ0n) is 11.6. The summed E-state index contributed by atoms with van der Waals surface area (Å²) in [5, 5.41) is 12.2. The maximum Gasteiger partial charge on any atom is 0.253 e. The number of carbonyl (C=O) groups is 2. The summed E-state index contributed by atoms with van der Waals surface area (Å²) < 4.78 is 0. The average molecular weight is 276 g/mol. The van der Waals surface area contributed by atoms with Crippen LogP contribution in [0.15, 0.2) is 24.3 Å². The lowest BCUT2D eigenvalue weighted by Crippen LogP contribution is -2.40. The van der Waals surface area contributed by atoms with E-state index >= 15 is 0 Å². The summed E-state index contributed by atoms with van der Waals surface area (Å²) in [6.45, 7) is 2.93. The predicted molar refractivity (Wildman–Crippen MR) is 76.5 cm³/mol. The lowest BCUT2D eigenvalue weighted by atomic mass is 10.1. The van der Waals surface area contributed by atoms with Crippen LogP contribution in [0.4, 0.5) is 5.69 Å². The van der Waals surface area contributed by atoms with Gasteiger partial charge >= 0.3 is 0 Å². The molecular weight excluding hydrogens is 256 g/mol. The van der Waals surface area contributed by atoms with Gasteiger partial charge in [0.25, 0.3) is 5.91 Å². The number of aliphatic hydroxyl groups is 1. The molecule has 0 aliphatic carbocycles. The summed E-state index contributed by atoms with van der Waals surface area (Å²) >= 11 is 0. The molecule has 1 aromatic rings. The van der Waals surface area contributed by atoms with Gasteiger partial charge in [-0.15, -0.1) is 0 Å². The van der Waals surface area contributed by atoms with Crippen LogP contribution in [0.1, 0.15) is 36.5 Å². The van der Waals surface area contributed by atoms with Crippen molar-refractivity contribution in [3.05, 3.63) is 29.8 Å². The maximum absolute atomic E-state index is 12.3. The number of likely N-dealkylation sites (tertiary alicyclic amines) is 1. The van der Waals surface area contributed by atoms with Gasteiger partial charge < -0.3 is 15.3 Å². The number of nitrogens with zero attached hydrogens (tertiary/aromatic N) is 1. The Balaban J connectivity index is 2.06. The third kappa shape index (κ3) is 3.57. The van der Waals surface area contributed by atoms with Gasteiger partial charge in [0.05, 0.1) is 6.10 Å². The molecule has 1 fully saturated rings. The Morgan fingerprint density at radius 1 is 1.35 bits per heavy atom. The lowest BCUT2D eigenvalue weighted by molar-refractivity contribution is -0.115. The third-order valence-corrected chi connectivity index (χ3v) is 3.47. The van der Waals surface area contributed by atoms with Crippen LogP contribution in [0.2, 0.25) is 0 Å². The fraction of sp³-hybridized carbons (Fsp3) is 0.467. The molecule has 20 heavy (non-hydrogen) atoms. The van der Waals surface area contributed by atoms with Crippen LogP contribution in [-0.2, 0) is 4.79 Å². The van der Waals surface area contributed by atoms with Crippen LogP contribution in [0, 0.1) is 0 Å². The van der Waals surface area contributed by atoms with Crippen molar-refractivity contribution < 1.29 is 14.7 Å². The number of piperidine rings is 1. The Labute approximate surface area is 118 Å². The van der Waals surface area contributed by atoms with Crippen LogP contribution >= 0.6 is 0 Å². The van der Waals surface area contributed by atoms with Crippen LogP contribution in [0.3, 0.4) is 0 Å². The molecule has 0 bridgehead atoms. The summed E-state index contributed by atoms with van der Waals surface area (Å²) in [5.41, 5.74) is 1.20. The van der Waals surface area contributed by atoms with Crippen molar-refractivity contribution >= 4 is 17.5 Å². The molecule has 108 valence electrons. The van der Waals surface area contributed by atoms with Crippen LogP contribution in [0.25, 0.3) is 0 Å². The topological polar surface area (TPSA) is 69.6 Å². The van der Waals surface area contributed by atoms with Crippen molar-refractivity contribution in [3.8, 4) is 0 Å². The van der Waals surface area contributed by atoms with Gasteiger partial charge in [0.15, 0.2) is 0 Å². The minimum atomic E-state index is -0.297. The zero-order valence-corrected chi connectivity index (χ0v) is 11.6. The van der Waals surface area contributed by atoms with Crippen molar-refractivity contribution in [2.24, 2.45) is 0 Å². The van der Waals surface area contributed by atoms with E-state index in [2.05, 4.69) is 5.32 Å². The smallest absolute Gasteiger partial charge is 0.253 e. The summed E-state index contributed by atoms with van der Waals surface area (Å²) in [4.78, 5) is 25.5. The quantitative estimate of drug-likeness (QED) is 0.881. The first-order valence-electron chi connectivity index (χ1n) is 6.97. The Bertz CT molecular complexity index is 494. The standard InChI is InChI=1S/C15H20N2O3/c1-2-14(19)16-12-5-3-4-11(10-12)15(20)17-8-6-13(18)7-9-17/h3-5,10,13,18H,2,6-9H2,1H3,(H,16,19). The summed E-state index contributed by atoms with van der Waals surface area (Å²) in [6, 6.07) is 6.97. The first-order valence-corrected chi connectivity index (χ1v) is 6.97. The number of amides is 2. The number of nitrogens with one attached hydrogen (secondary N) is 1. The van der Waals surface area contributed by atoms with Gasteiger partial charge in [0.1, 0.15) is 0 Å². The van der Waals surface area contributed by atoms with Crippen LogP contribution in [0.5, 0.6) is 0 Å². The second kappa shape index (κ2) is 6.52. The highest BCUT2D eigenvalue weighted by Gasteiger charge is 2.22. The molecular formula is C15H20N2O3. The molecule has 2 N–H and O–H groups in total. The third-order valence-electron chi connectivity index (χ3n) is 3.47. The van der Waals surface area contributed by atoms with Gasteiger partial charge in [-0.05, 0) is 31.0 Å². The highest BCUT2D eigenvalue weighted by atomic mass is 16.3. The van der Waals surface area contributed by atoms with E-state index in [1.165, 1.54) is 0 Å². The average Bonchev–Trinajstić information content (AvgIpc) is 2.47. The largest absolute Gasteiger partial charge is 0.393 e. The van der Waals surface area contributed by atoms with Gasteiger partial charge in [-0.3, -0.25) is 9.59 Å². The van der Waals surface area contributed by atoms with Crippen LogP contribution in [-0.4, -0.2) is 41.0 Å². The second-order valence-electron chi connectivity index (χ2n) is 5.01. The van der Waals surface area contributed by atoms with E-state index in [0.717, 1.165) is 0 Å². The molecule has 5 heteroatoms. The maximum atomic E-state index is 12.3. The van der Waals surface area contributed by atoms with Gasteiger partial charge in [-0.2, -0.15) is 0 Å². The van der Waals surface area contributed by atoms with Crippen molar-refractivity contribution in [1.29, 1.82) is 0 Å². The normalized spacial score (nSPS) is 16.0. The van der Waals surface area contributed by atoms with Crippen molar-refractivity contribution in [2.75, 3.05) is 18.4 Å². The highest BCUT2D eigenvalue weighted by molar-refractivity contribution is 5.97. The van der Waals surface area contributed by atoms with E-state index in [1.807, 2.05) is 0 Å². The Hall–Kier alpha value is -1.88. The Morgan fingerprint density at radius 2 is 2.05 bits per heavy atom. The van der Waals surface area contributed by atoms with Gasteiger partial charge in [0.2, 0.25) is 5.91 Å². The molecule has 1 aromatic carbocycles. The molecule has 0 radical (unpaired) electrons. The van der Waals surface area contributed by atoms with E-state index in [1.54, 1.807) is 36.1 Å². The fourth-order valence-electron chi connectivity index (χ4n) is 2.23. The molecule has 0 unspecified atom stereocenters. The molecule has 2 amide bonds. The molecule has 2 rings (SSSR count). The monoisotopic (exact) mass is 276 g/mol. The molecule has 0 spiro atoms. The van der Waals surface area contributed by atoms with E-state index in [-0.39, 0.29) is 17.9 Å². The zero-order chi connectivity index (χ0) is 14.5. The van der Waals surface area contributed by atoms with Gasteiger partial charge in [0, 0.05) is 30.8 Å². The number of benzene rings is 1. The SMILES string of the molecule is CCC(=O)Nc1cccc(C(=O)N2CCC(O)CC2)c1. The number of hydrogen-bond acceptors (Lipinski definition) is 3. The number of anilines is 1. The molecule has 1 aliphatic heterocycles. The fourth-order valence-corrected chi connectivity index (χ4v) is 2.23. The minimum absolute atomic E-state index is 0.0514. The molecule has 0 atom stereocenters. The first-order chi connectivity index (χ1) is 9.60. The molecule has 0 saturated carbocycles. The van der Waals surface area contributed by atoms with E-state index < -0.39 is 0 Å². The van der Waals surface area contributed by atoms with Gasteiger partial charge in [-0.25, -0.2) is 0 Å². The minimum Gasteiger partial charge on any atom is -0.393 e. The Kier molecular flexibility index (Phi) is 4.74. The Morgan fingerprint density at radius 3 is 2.70 bits per heavy atom. The van der Waals surface area contributed by atoms with Crippen molar-refractivity contribution in [1.82, 2.24) is 4.90 Å². The van der Waals surface area contributed by atoms with Crippen molar-refractivity contribution in [3.63, 3.8) is 0 Å². The number of rotatable bonds is 3. The van der Waals surface area contributed by atoms with E-state index in [0.29, 0.717) is 43.6 Å². The van der Waals surface area contributed by atoms with Gasteiger partial charge in [-0.1, -0.05) is 13.0 Å². The molecule has 1 saturated heterocycles. The summed E-state index contributed by atoms with van der Waals surface area (Å²) in [6.07, 6.45) is 1.35. The number of aliphatic hydroxyl groups excluding tert-OH is 1. The lowest BCUT2D eigenvalue weighted by Gasteiger charge is -2.29. The van der Waals surface area contributed by atoms with E-state index in [4.69, 9.17) is 0 Å². The number of hydrogen-bond donors (Lipinski definition) is 2. The second-order valence-corrected chi connectivity index (χ2v) is 5.01. The molecule has 1 aliphatic rings. The highest BCUT2D eigenvalue weighted by Crippen LogP contribution is 2.16. The number of carbonyl (C=O) groups excluding carboxylic acids is 2. The summed E-state index contributed by atoms with van der Waals surface area (Å²) in [5.74, 6) is -0.125. The predicted octanol–water partition coefficient (Wildman–Crippen LogP) is 1.63.